The minimum absolute atomic E-state index is 0.492. The van der Waals surface area contributed by atoms with E-state index in [4.69, 9.17) is 5.26 Å². The topological polar surface area (TPSA) is 39.1 Å². The molecule has 0 radical (unpaired) electrons. The van der Waals surface area contributed by atoms with E-state index in [9.17, 15) is 0 Å². The summed E-state index contributed by atoms with van der Waals surface area (Å²) in [5, 5.41) is 12.3. The summed E-state index contributed by atoms with van der Waals surface area (Å²) in [6, 6.07) is 11.0. The van der Waals surface area contributed by atoms with Gasteiger partial charge in [0.1, 0.15) is 0 Å². The minimum atomic E-state index is 0.492. The molecule has 1 saturated heterocycles. The predicted octanol–water partition coefficient (Wildman–Crippen LogP) is 3.68. The predicted molar refractivity (Wildman–Crippen MR) is 88.3 cm³/mol. The van der Waals surface area contributed by atoms with Gasteiger partial charge in [0.2, 0.25) is 0 Å². The molecule has 21 heavy (non-hydrogen) atoms. The van der Waals surface area contributed by atoms with Gasteiger partial charge in [0.15, 0.2) is 0 Å². The van der Waals surface area contributed by atoms with Crippen molar-refractivity contribution in [2.75, 3.05) is 25.0 Å². The molecular formula is C18H27N3. The first-order valence-electron chi connectivity index (χ1n) is 8.17. The Hall–Kier alpha value is -1.53. The lowest BCUT2D eigenvalue weighted by molar-refractivity contribution is 0.176. The van der Waals surface area contributed by atoms with Gasteiger partial charge in [-0.05, 0) is 69.4 Å². The van der Waals surface area contributed by atoms with E-state index in [0.29, 0.717) is 12.5 Å². The summed E-state index contributed by atoms with van der Waals surface area (Å²) in [4.78, 5) is 2.58. The number of nitrogens with zero attached hydrogens (tertiary/aromatic N) is 2. The Bertz CT molecular complexity index is 452. The molecule has 0 aliphatic carbocycles. The van der Waals surface area contributed by atoms with Crippen molar-refractivity contribution in [2.24, 2.45) is 5.92 Å². The Morgan fingerprint density at radius 2 is 1.95 bits per heavy atom. The fourth-order valence-electron chi connectivity index (χ4n) is 3.18. The number of likely N-dealkylation sites (tertiary alicyclic amines) is 1. The fourth-order valence-corrected chi connectivity index (χ4v) is 3.18. The zero-order chi connectivity index (χ0) is 15.1. The number of hydrogen-bond acceptors (Lipinski definition) is 3. The molecule has 0 spiro atoms. The van der Waals surface area contributed by atoms with E-state index in [1.54, 1.807) is 0 Å². The van der Waals surface area contributed by atoms with E-state index in [1.165, 1.54) is 44.6 Å². The summed E-state index contributed by atoms with van der Waals surface area (Å²) in [5.41, 5.74) is 2.25. The van der Waals surface area contributed by atoms with Crippen LogP contribution in [0.2, 0.25) is 0 Å². The van der Waals surface area contributed by atoms with E-state index in [2.05, 4.69) is 42.3 Å². The normalized spacial score (nSPS) is 18.1. The monoisotopic (exact) mass is 285 g/mol. The Balaban J connectivity index is 1.81. The van der Waals surface area contributed by atoms with Gasteiger partial charge in [0.05, 0.1) is 12.5 Å². The summed E-state index contributed by atoms with van der Waals surface area (Å²) < 4.78 is 0. The van der Waals surface area contributed by atoms with Gasteiger partial charge >= 0.3 is 0 Å². The van der Waals surface area contributed by atoms with Gasteiger partial charge < -0.3 is 10.2 Å². The number of nitriles is 1. The SMILES string of the molecule is CCCN1CCC(C(C)Nc2ccc(CC#N)cc2)CC1. The molecule has 1 unspecified atom stereocenters. The van der Waals surface area contributed by atoms with Gasteiger partial charge in [-0.2, -0.15) is 5.26 Å². The van der Waals surface area contributed by atoms with Crippen LogP contribution in [0.3, 0.4) is 0 Å². The van der Waals surface area contributed by atoms with Crippen molar-refractivity contribution in [1.29, 1.82) is 5.26 Å². The van der Waals surface area contributed by atoms with E-state index < -0.39 is 0 Å². The van der Waals surface area contributed by atoms with Crippen LogP contribution < -0.4 is 5.32 Å². The Morgan fingerprint density at radius 1 is 1.29 bits per heavy atom. The first-order chi connectivity index (χ1) is 10.2. The molecule has 2 rings (SSSR count). The lowest BCUT2D eigenvalue weighted by Gasteiger charge is -2.35. The molecule has 1 N–H and O–H groups in total. The molecule has 1 atom stereocenters. The number of piperidine rings is 1. The number of nitrogens with one attached hydrogen (secondary N) is 1. The maximum Gasteiger partial charge on any atom is 0.0669 e. The van der Waals surface area contributed by atoms with Crippen molar-refractivity contribution in [1.82, 2.24) is 4.90 Å². The number of hydrogen-bond donors (Lipinski definition) is 1. The third-order valence-corrected chi connectivity index (χ3v) is 4.51. The van der Waals surface area contributed by atoms with Crippen molar-refractivity contribution in [2.45, 2.75) is 45.6 Å². The van der Waals surface area contributed by atoms with Crippen molar-refractivity contribution in [3.63, 3.8) is 0 Å². The van der Waals surface area contributed by atoms with Crippen LogP contribution in [-0.2, 0) is 6.42 Å². The highest BCUT2D eigenvalue weighted by Crippen LogP contribution is 2.23. The molecule has 1 heterocycles. The van der Waals surface area contributed by atoms with Crippen molar-refractivity contribution in [3.05, 3.63) is 29.8 Å². The lowest BCUT2D eigenvalue weighted by Crippen LogP contribution is -2.39. The van der Waals surface area contributed by atoms with E-state index in [0.717, 1.165) is 11.5 Å². The van der Waals surface area contributed by atoms with Crippen molar-refractivity contribution in [3.8, 4) is 6.07 Å². The third kappa shape index (κ3) is 4.75. The quantitative estimate of drug-likeness (QED) is 0.866. The third-order valence-electron chi connectivity index (χ3n) is 4.51. The first kappa shape index (κ1) is 15.9. The minimum Gasteiger partial charge on any atom is -0.382 e. The zero-order valence-electron chi connectivity index (χ0n) is 13.3. The average Bonchev–Trinajstić information content (AvgIpc) is 2.50. The molecule has 114 valence electrons. The molecule has 0 amide bonds. The van der Waals surface area contributed by atoms with Gasteiger partial charge in [0.25, 0.3) is 0 Å². The summed E-state index contributed by atoms with van der Waals surface area (Å²) >= 11 is 0. The number of rotatable bonds is 6. The summed E-state index contributed by atoms with van der Waals surface area (Å²) in [7, 11) is 0. The Morgan fingerprint density at radius 3 is 2.52 bits per heavy atom. The first-order valence-corrected chi connectivity index (χ1v) is 8.17. The van der Waals surface area contributed by atoms with Crippen LogP contribution in [0.5, 0.6) is 0 Å². The zero-order valence-corrected chi connectivity index (χ0v) is 13.3. The highest BCUT2D eigenvalue weighted by molar-refractivity contribution is 5.45. The molecule has 0 bridgehead atoms. The van der Waals surface area contributed by atoms with Crippen LogP contribution in [0, 0.1) is 17.2 Å². The summed E-state index contributed by atoms with van der Waals surface area (Å²) in [5.74, 6) is 0.761. The largest absolute Gasteiger partial charge is 0.382 e. The molecule has 1 fully saturated rings. The van der Waals surface area contributed by atoms with Gasteiger partial charge in [0, 0.05) is 11.7 Å². The standard InChI is InChI=1S/C18H27N3/c1-3-12-21-13-9-17(10-14-21)15(2)20-18-6-4-16(5-7-18)8-11-19/h4-7,15,17,20H,3,8-10,12-14H2,1-2H3. The molecule has 1 aromatic carbocycles. The molecule has 0 aromatic heterocycles. The molecule has 3 heteroatoms. The summed E-state index contributed by atoms with van der Waals surface area (Å²) in [6.07, 6.45) is 4.33. The number of anilines is 1. The van der Waals surface area contributed by atoms with Crippen LogP contribution in [0.15, 0.2) is 24.3 Å². The Kier molecular flexibility index (Phi) is 6.07. The Labute approximate surface area is 129 Å². The van der Waals surface area contributed by atoms with E-state index in [1.807, 2.05) is 12.1 Å². The second-order valence-corrected chi connectivity index (χ2v) is 6.14. The molecule has 0 saturated carbocycles. The fraction of sp³-hybridized carbons (Fsp3) is 0.611. The van der Waals surface area contributed by atoms with Crippen LogP contribution in [0.1, 0.15) is 38.7 Å². The highest BCUT2D eigenvalue weighted by atomic mass is 15.1. The van der Waals surface area contributed by atoms with Crippen molar-refractivity contribution < 1.29 is 0 Å². The second-order valence-electron chi connectivity index (χ2n) is 6.14. The molecule has 1 aliphatic rings. The van der Waals surface area contributed by atoms with Gasteiger partial charge in [-0.15, -0.1) is 0 Å². The van der Waals surface area contributed by atoms with Crippen LogP contribution >= 0.6 is 0 Å². The molecular weight excluding hydrogens is 258 g/mol. The van der Waals surface area contributed by atoms with E-state index in [-0.39, 0.29) is 0 Å². The van der Waals surface area contributed by atoms with Crippen molar-refractivity contribution >= 4 is 5.69 Å². The van der Waals surface area contributed by atoms with Gasteiger partial charge in [-0.1, -0.05) is 19.1 Å². The second kappa shape index (κ2) is 8.05. The molecule has 1 aromatic rings. The van der Waals surface area contributed by atoms with Crippen LogP contribution in [0.25, 0.3) is 0 Å². The van der Waals surface area contributed by atoms with Gasteiger partial charge in [-0.25, -0.2) is 0 Å². The highest BCUT2D eigenvalue weighted by Gasteiger charge is 2.23. The maximum atomic E-state index is 8.69. The lowest BCUT2D eigenvalue weighted by atomic mass is 9.90. The van der Waals surface area contributed by atoms with Crippen LogP contribution in [-0.4, -0.2) is 30.6 Å². The maximum absolute atomic E-state index is 8.69. The molecule has 1 aliphatic heterocycles. The number of benzene rings is 1. The smallest absolute Gasteiger partial charge is 0.0669 e. The average molecular weight is 285 g/mol. The summed E-state index contributed by atoms with van der Waals surface area (Å²) in [6.45, 7) is 8.28. The van der Waals surface area contributed by atoms with Crippen LogP contribution in [0.4, 0.5) is 5.69 Å². The molecule has 3 nitrogen and oxygen atoms in total. The van der Waals surface area contributed by atoms with Gasteiger partial charge in [-0.3, -0.25) is 0 Å². The van der Waals surface area contributed by atoms with E-state index >= 15 is 0 Å².